The molecule has 0 saturated carbocycles. The largest absolute Gasteiger partial charge is 0.368 e. The third-order valence-corrected chi connectivity index (χ3v) is 3.38. The molecule has 1 aromatic rings. The van der Waals surface area contributed by atoms with E-state index in [4.69, 9.17) is 5.73 Å². The van der Waals surface area contributed by atoms with Crippen molar-refractivity contribution in [1.82, 2.24) is 9.97 Å². The van der Waals surface area contributed by atoms with Crippen molar-refractivity contribution in [2.45, 2.75) is 39.2 Å². The molecule has 1 atom stereocenters. The van der Waals surface area contributed by atoms with E-state index in [0.717, 1.165) is 43.7 Å². The number of piperidine rings is 1. The zero-order valence-corrected chi connectivity index (χ0v) is 11.5. The van der Waals surface area contributed by atoms with Crippen LogP contribution in [0.2, 0.25) is 0 Å². The first-order valence-corrected chi connectivity index (χ1v) is 6.77. The molecule has 0 spiro atoms. The predicted molar refractivity (Wildman–Crippen MR) is 75.1 cm³/mol. The van der Waals surface area contributed by atoms with E-state index < -0.39 is 0 Å². The summed E-state index contributed by atoms with van der Waals surface area (Å²) in [4.78, 5) is 22.3. The lowest BCUT2D eigenvalue weighted by Crippen LogP contribution is -2.48. The average molecular weight is 263 g/mol. The molecule has 0 aliphatic carbocycles. The second-order valence-electron chi connectivity index (χ2n) is 4.84. The van der Waals surface area contributed by atoms with E-state index in [1.165, 1.54) is 0 Å². The van der Waals surface area contributed by atoms with Crippen molar-refractivity contribution < 1.29 is 4.79 Å². The van der Waals surface area contributed by atoms with Crippen molar-refractivity contribution in [1.29, 1.82) is 0 Å². The summed E-state index contributed by atoms with van der Waals surface area (Å²) in [6.07, 6.45) is 4.68. The molecule has 1 aliphatic heterocycles. The molecule has 1 aromatic heterocycles. The van der Waals surface area contributed by atoms with Gasteiger partial charge in [0, 0.05) is 24.8 Å². The van der Waals surface area contributed by atoms with Crippen LogP contribution in [0.5, 0.6) is 0 Å². The Bertz CT molecular complexity index is 462. The molecule has 3 N–H and O–H groups in total. The number of aromatic nitrogens is 2. The number of amides is 1. The molecule has 1 amide bonds. The molecule has 2 heterocycles. The maximum atomic E-state index is 11.6. The molecule has 1 saturated heterocycles. The van der Waals surface area contributed by atoms with Crippen LogP contribution in [0.25, 0.3) is 0 Å². The number of primary amides is 1. The number of carbonyl (C=O) groups is 1. The summed E-state index contributed by atoms with van der Waals surface area (Å²) in [5, 5.41) is 3.09. The van der Waals surface area contributed by atoms with Crippen LogP contribution in [0.4, 0.5) is 11.8 Å². The normalized spacial score (nSPS) is 19.3. The van der Waals surface area contributed by atoms with Gasteiger partial charge in [0.1, 0.15) is 11.9 Å². The van der Waals surface area contributed by atoms with Gasteiger partial charge in [0.05, 0.1) is 0 Å². The number of rotatable bonds is 4. The fourth-order valence-electron chi connectivity index (χ4n) is 2.45. The van der Waals surface area contributed by atoms with E-state index >= 15 is 0 Å². The number of anilines is 2. The van der Waals surface area contributed by atoms with Gasteiger partial charge in [-0.15, -0.1) is 0 Å². The zero-order chi connectivity index (χ0) is 13.8. The number of hydrogen-bond acceptors (Lipinski definition) is 5. The van der Waals surface area contributed by atoms with Crippen LogP contribution in [-0.2, 0) is 4.79 Å². The molecule has 2 rings (SSSR count). The van der Waals surface area contributed by atoms with E-state index in [0.29, 0.717) is 5.95 Å². The highest BCUT2D eigenvalue weighted by Gasteiger charge is 2.29. The number of nitrogens with two attached hydrogens (primary N) is 1. The van der Waals surface area contributed by atoms with Crippen LogP contribution in [-0.4, -0.2) is 35.0 Å². The topological polar surface area (TPSA) is 84.1 Å². The number of nitrogens with zero attached hydrogens (tertiary/aromatic N) is 3. The van der Waals surface area contributed by atoms with Crippen molar-refractivity contribution in [3.8, 4) is 0 Å². The summed E-state index contributed by atoms with van der Waals surface area (Å²) >= 11 is 0. The Morgan fingerprint density at radius 1 is 1.58 bits per heavy atom. The standard InChI is InChI=1S/C13H21N5O/c1-3-15-13-16-8-9(2)12(17-13)18-7-5-4-6-10(18)11(14)19/h8,10H,3-7H2,1-2H3,(H2,14,19)(H,15,16,17). The number of hydrogen-bond donors (Lipinski definition) is 2. The van der Waals surface area contributed by atoms with E-state index in [1.807, 2.05) is 18.7 Å². The van der Waals surface area contributed by atoms with Gasteiger partial charge in [-0.25, -0.2) is 4.98 Å². The molecule has 0 bridgehead atoms. The third-order valence-electron chi connectivity index (χ3n) is 3.38. The van der Waals surface area contributed by atoms with Crippen molar-refractivity contribution in [3.05, 3.63) is 11.8 Å². The Morgan fingerprint density at radius 3 is 3.05 bits per heavy atom. The number of carbonyl (C=O) groups excluding carboxylic acids is 1. The van der Waals surface area contributed by atoms with E-state index in [2.05, 4.69) is 15.3 Å². The minimum atomic E-state index is -0.275. The highest BCUT2D eigenvalue weighted by Crippen LogP contribution is 2.26. The summed E-state index contributed by atoms with van der Waals surface area (Å²) < 4.78 is 0. The molecular weight excluding hydrogens is 242 g/mol. The minimum absolute atomic E-state index is 0.253. The number of aryl methyl sites for hydroxylation is 1. The van der Waals surface area contributed by atoms with E-state index in [-0.39, 0.29) is 11.9 Å². The molecular formula is C13H21N5O. The second kappa shape index (κ2) is 5.86. The second-order valence-corrected chi connectivity index (χ2v) is 4.84. The van der Waals surface area contributed by atoms with E-state index in [1.54, 1.807) is 6.20 Å². The van der Waals surface area contributed by atoms with Crippen molar-refractivity contribution in [2.75, 3.05) is 23.3 Å². The monoisotopic (exact) mass is 263 g/mol. The van der Waals surface area contributed by atoms with Crippen molar-refractivity contribution in [3.63, 3.8) is 0 Å². The fraction of sp³-hybridized carbons (Fsp3) is 0.615. The van der Waals surface area contributed by atoms with Crippen LogP contribution in [0.3, 0.4) is 0 Å². The van der Waals surface area contributed by atoms with Gasteiger partial charge in [-0.2, -0.15) is 4.98 Å². The first-order valence-electron chi connectivity index (χ1n) is 6.77. The smallest absolute Gasteiger partial charge is 0.240 e. The van der Waals surface area contributed by atoms with Crippen LogP contribution >= 0.6 is 0 Å². The van der Waals surface area contributed by atoms with Crippen molar-refractivity contribution >= 4 is 17.7 Å². The molecule has 6 nitrogen and oxygen atoms in total. The van der Waals surface area contributed by atoms with Gasteiger partial charge in [0.25, 0.3) is 0 Å². The first kappa shape index (κ1) is 13.6. The van der Waals surface area contributed by atoms with Gasteiger partial charge in [-0.3, -0.25) is 4.79 Å². The summed E-state index contributed by atoms with van der Waals surface area (Å²) in [5.74, 6) is 1.13. The number of nitrogens with one attached hydrogen (secondary N) is 1. The van der Waals surface area contributed by atoms with Crippen LogP contribution < -0.4 is 16.0 Å². The molecule has 0 aromatic carbocycles. The lowest BCUT2D eigenvalue weighted by molar-refractivity contribution is -0.119. The predicted octanol–water partition coefficient (Wildman–Crippen LogP) is 1.06. The molecule has 1 aliphatic rings. The highest BCUT2D eigenvalue weighted by atomic mass is 16.1. The van der Waals surface area contributed by atoms with Crippen LogP contribution in [0.1, 0.15) is 31.7 Å². The molecule has 0 radical (unpaired) electrons. The Labute approximate surface area is 113 Å². The maximum Gasteiger partial charge on any atom is 0.240 e. The summed E-state index contributed by atoms with van der Waals surface area (Å²) in [7, 11) is 0. The maximum absolute atomic E-state index is 11.6. The summed E-state index contributed by atoms with van der Waals surface area (Å²) in [6, 6.07) is -0.253. The zero-order valence-electron chi connectivity index (χ0n) is 11.5. The van der Waals surface area contributed by atoms with Crippen LogP contribution in [0, 0.1) is 6.92 Å². The minimum Gasteiger partial charge on any atom is -0.368 e. The van der Waals surface area contributed by atoms with Gasteiger partial charge >= 0.3 is 0 Å². The van der Waals surface area contributed by atoms with Gasteiger partial charge < -0.3 is 16.0 Å². The molecule has 6 heteroatoms. The Kier molecular flexibility index (Phi) is 4.19. The van der Waals surface area contributed by atoms with Gasteiger partial charge in [0.15, 0.2) is 0 Å². The Morgan fingerprint density at radius 2 is 2.37 bits per heavy atom. The van der Waals surface area contributed by atoms with Crippen molar-refractivity contribution in [2.24, 2.45) is 5.73 Å². The SMILES string of the molecule is CCNc1ncc(C)c(N2CCCCC2C(N)=O)n1. The van der Waals surface area contributed by atoms with E-state index in [9.17, 15) is 4.79 Å². The molecule has 1 fully saturated rings. The third kappa shape index (κ3) is 2.94. The Hall–Kier alpha value is -1.85. The molecule has 19 heavy (non-hydrogen) atoms. The van der Waals surface area contributed by atoms with Crippen LogP contribution in [0.15, 0.2) is 6.20 Å². The summed E-state index contributed by atoms with van der Waals surface area (Å²) in [6.45, 7) is 5.53. The lowest BCUT2D eigenvalue weighted by Gasteiger charge is -2.35. The fourth-order valence-corrected chi connectivity index (χ4v) is 2.45. The summed E-state index contributed by atoms with van der Waals surface area (Å²) in [5.41, 5.74) is 6.47. The van der Waals surface area contributed by atoms with Gasteiger partial charge in [-0.05, 0) is 33.1 Å². The lowest BCUT2D eigenvalue weighted by atomic mass is 10.0. The average Bonchev–Trinajstić information content (AvgIpc) is 2.41. The molecule has 104 valence electrons. The van der Waals surface area contributed by atoms with Gasteiger partial charge in [-0.1, -0.05) is 0 Å². The van der Waals surface area contributed by atoms with Gasteiger partial charge in [0.2, 0.25) is 11.9 Å². The quantitative estimate of drug-likeness (QED) is 0.848. The Balaban J connectivity index is 2.32. The highest BCUT2D eigenvalue weighted by molar-refractivity contribution is 5.83. The molecule has 1 unspecified atom stereocenters. The first-order chi connectivity index (χ1) is 9.13.